The van der Waals surface area contributed by atoms with Crippen LogP contribution in [0.25, 0.3) is 0 Å². The van der Waals surface area contributed by atoms with E-state index in [1.54, 1.807) is 24.3 Å². The maximum atomic E-state index is 11.8. The molecule has 2 aromatic heterocycles. The van der Waals surface area contributed by atoms with Crippen molar-refractivity contribution in [3.63, 3.8) is 0 Å². The van der Waals surface area contributed by atoms with Crippen molar-refractivity contribution in [3.8, 4) is 0 Å². The Hall–Kier alpha value is -1.62. The highest BCUT2D eigenvalue weighted by molar-refractivity contribution is 7.09. The zero-order chi connectivity index (χ0) is 13.8. The molecule has 5 heteroatoms. The fourth-order valence-corrected chi connectivity index (χ4v) is 2.60. The number of nitrogens with zero attached hydrogens (tertiary/aromatic N) is 2. The highest BCUT2D eigenvalue weighted by Gasteiger charge is 2.13. The van der Waals surface area contributed by atoms with E-state index >= 15 is 0 Å². The van der Waals surface area contributed by atoms with Crippen LogP contribution in [0.2, 0.25) is 0 Å². The van der Waals surface area contributed by atoms with Crippen LogP contribution in [0.1, 0.15) is 47.9 Å². The Morgan fingerprint density at radius 2 is 2.32 bits per heavy atom. The average Bonchev–Trinajstić information content (AvgIpc) is 2.99. The Morgan fingerprint density at radius 3 is 2.95 bits per heavy atom. The molecule has 2 heterocycles. The van der Waals surface area contributed by atoms with Gasteiger partial charge in [0.1, 0.15) is 5.69 Å². The van der Waals surface area contributed by atoms with Gasteiger partial charge < -0.3 is 9.30 Å². The summed E-state index contributed by atoms with van der Waals surface area (Å²) in [6, 6.07) is 3.62. The average molecular weight is 278 g/mol. The van der Waals surface area contributed by atoms with Crippen molar-refractivity contribution < 1.29 is 9.53 Å². The fourth-order valence-electron chi connectivity index (χ4n) is 1.78. The Kier molecular flexibility index (Phi) is 4.37. The first-order valence-electron chi connectivity index (χ1n) is 6.38. The molecule has 2 rings (SSSR count). The molecule has 2 aromatic rings. The first-order valence-corrected chi connectivity index (χ1v) is 7.26. The van der Waals surface area contributed by atoms with Crippen molar-refractivity contribution in [2.45, 2.75) is 33.2 Å². The molecule has 0 saturated carbocycles. The third kappa shape index (κ3) is 3.23. The van der Waals surface area contributed by atoms with Crippen LogP contribution in [0.15, 0.2) is 23.7 Å². The van der Waals surface area contributed by atoms with Gasteiger partial charge in [-0.3, -0.25) is 0 Å². The molecule has 0 spiro atoms. The Bertz CT molecular complexity index is 557. The van der Waals surface area contributed by atoms with Gasteiger partial charge in [0.2, 0.25) is 0 Å². The van der Waals surface area contributed by atoms with Gasteiger partial charge in [-0.1, -0.05) is 13.8 Å². The number of ether oxygens (including phenoxy) is 1. The zero-order valence-corrected chi connectivity index (χ0v) is 12.2. The molecule has 0 aliphatic carbocycles. The molecule has 0 bridgehead atoms. The second-order valence-electron chi connectivity index (χ2n) is 4.57. The monoisotopic (exact) mass is 278 g/mol. The molecular formula is C14H18N2O2S. The summed E-state index contributed by atoms with van der Waals surface area (Å²) in [7, 11) is 0. The Morgan fingerprint density at radius 1 is 1.53 bits per heavy atom. The number of carbonyl (C=O) groups excluding carboxylic acids is 1. The van der Waals surface area contributed by atoms with Gasteiger partial charge in [0.05, 0.1) is 23.9 Å². The lowest BCUT2D eigenvalue weighted by atomic mass is 10.2. The SMILES string of the molecule is CCOC(=O)c1cccn1Cc1csc(C(C)C)n1. The molecule has 19 heavy (non-hydrogen) atoms. The number of carbonyl (C=O) groups is 1. The van der Waals surface area contributed by atoms with Crippen LogP contribution in [0.5, 0.6) is 0 Å². The van der Waals surface area contributed by atoms with Crippen molar-refractivity contribution in [2.75, 3.05) is 6.61 Å². The first kappa shape index (κ1) is 13.8. The van der Waals surface area contributed by atoms with Gasteiger partial charge in [0.25, 0.3) is 0 Å². The number of thiazole rings is 1. The van der Waals surface area contributed by atoms with Gasteiger partial charge in [-0.2, -0.15) is 0 Å². The molecule has 102 valence electrons. The predicted octanol–water partition coefficient (Wildman–Crippen LogP) is 3.29. The summed E-state index contributed by atoms with van der Waals surface area (Å²) in [5, 5.41) is 3.17. The van der Waals surface area contributed by atoms with E-state index < -0.39 is 0 Å². The highest BCUT2D eigenvalue weighted by atomic mass is 32.1. The minimum absolute atomic E-state index is 0.285. The summed E-state index contributed by atoms with van der Waals surface area (Å²) in [6.07, 6.45) is 1.88. The molecule has 0 fully saturated rings. The van der Waals surface area contributed by atoms with Crippen molar-refractivity contribution in [3.05, 3.63) is 40.1 Å². The van der Waals surface area contributed by atoms with E-state index in [1.807, 2.05) is 22.2 Å². The zero-order valence-electron chi connectivity index (χ0n) is 11.4. The van der Waals surface area contributed by atoms with Crippen LogP contribution in [0.3, 0.4) is 0 Å². The third-order valence-electron chi connectivity index (χ3n) is 2.71. The van der Waals surface area contributed by atoms with E-state index in [0.717, 1.165) is 10.7 Å². The predicted molar refractivity (Wildman–Crippen MR) is 75.7 cm³/mol. The van der Waals surface area contributed by atoms with E-state index in [1.165, 1.54) is 0 Å². The maximum Gasteiger partial charge on any atom is 0.354 e. The van der Waals surface area contributed by atoms with Gasteiger partial charge in [-0.15, -0.1) is 11.3 Å². The van der Waals surface area contributed by atoms with Gasteiger partial charge in [0, 0.05) is 17.5 Å². The van der Waals surface area contributed by atoms with Gasteiger partial charge in [-0.25, -0.2) is 9.78 Å². The van der Waals surface area contributed by atoms with Crippen LogP contribution in [-0.4, -0.2) is 22.1 Å². The summed E-state index contributed by atoms with van der Waals surface area (Å²) in [5.74, 6) is 0.153. The van der Waals surface area contributed by atoms with Crippen LogP contribution in [0, 0.1) is 0 Å². The first-order chi connectivity index (χ1) is 9.11. The summed E-state index contributed by atoms with van der Waals surface area (Å²) in [5.41, 5.74) is 1.55. The Labute approximate surface area is 117 Å². The molecule has 0 amide bonds. The summed E-state index contributed by atoms with van der Waals surface area (Å²) in [4.78, 5) is 16.3. The Balaban J connectivity index is 2.14. The van der Waals surface area contributed by atoms with E-state index in [0.29, 0.717) is 24.8 Å². The van der Waals surface area contributed by atoms with Crippen LogP contribution in [0.4, 0.5) is 0 Å². The number of hydrogen-bond acceptors (Lipinski definition) is 4. The molecule has 0 aliphatic rings. The summed E-state index contributed by atoms with van der Waals surface area (Å²) < 4.78 is 6.90. The second-order valence-corrected chi connectivity index (χ2v) is 5.46. The van der Waals surface area contributed by atoms with Crippen molar-refractivity contribution in [2.24, 2.45) is 0 Å². The van der Waals surface area contributed by atoms with Crippen LogP contribution in [-0.2, 0) is 11.3 Å². The van der Waals surface area contributed by atoms with Crippen molar-refractivity contribution >= 4 is 17.3 Å². The number of hydrogen-bond donors (Lipinski definition) is 0. The quantitative estimate of drug-likeness (QED) is 0.788. The molecule has 0 aromatic carbocycles. The van der Waals surface area contributed by atoms with Crippen LogP contribution < -0.4 is 0 Å². The molecule has 0 aliphatic heterocycles. The van der Waals surface area contributed by atoms with Crippen LogP contribution >= 0.6 is 11.3 Å². The summed E-state index contributed by atoms with van der Waals surface area (Å²) >= 11 is 1.66. The lowest BCUT2D eigenvalue weighted by Crippen LogP contribution is -2.12. The molecule has 0 radical (unpaired) electrons. The highest BCUT2D eigenvalue weighted by Crippen LogP contribution is 2.20. The van der Waals surface area contributed by atoms with E-state index in [9.17, 15) is 4.79 Å². The molecule has 0 saturated heterocycles. The van der Waals surface area contributed by atoms with E-state index in [2.05, 4.69) is 18.8 Å². The van der Waals surface area contributed by atoms with Crippen molar-refractivity contribution in [1.82, 2.24) is 9.55 Å². The van der Waals surface area contributed by atoms with Crippen molar-refractivity contribution in [1.29, 1.82) is 0 Å². The number of aromatic nitrogens is 2. The van der Waals surface area contributed by atoms with E-state index in [4.69, 9.17) is 4.74 Å². The third-order valence-corrected chi connectivity index (χ3v) is 3.90. The van der Waals surface area contributed by atoms with Gasteiger partial charge in [0.15, 0.2) is 0 Å². The smallest absolute Gasteiger partial charge is 0.354 e. The fraction of sp³-hybridized carbons (Fsp3) is 0.429. The summed E-state index contributed by atoms with van der Waals surface area (Å²) in [6.45, 7) is 7.05. The molecular weight excluding hydrogens is 260 g/mol. The molecule has 0 atom stereocenters. The lowest BCUT2D eigenvalue weighted by Gasteiger charge is -2.06. The standard InChI is InChI=1S/C14H18N2O2S/c1-4-18-14(17)12-6-5-7-16(12)8-11-9-19-13(15-11)10(2)3/h5-7,9-10H,4,8H2,1-3H3. The molecule has 0 unspecified atom stereocenters. The second kappa shape index (κ2) is 6.02. The number of esters is 1. The van der Waals surface area contributed by atoms with Gasteiger partial charge in [-0.05, 0) is 19.1 Å². The largest absolute Gasteiger partial charge is 0.461 e. The molecule has 0 N–H and O–H groups in total. The van der Waals surface area contributed by atoms with Gasteiger partial charge >= 0.3 is 5.97 Å². The molecule has 4 nitrogen and oxygen atoms in total. The lowest BCUT2D eigenvalue weighted by molar-refractivity contribution is 0.0514. The minimum atomic E-state index is -0.285. The van der Waals surface area contributed by atoms with E-state index in [-0.39, 0.29) is 5.97 Å². The number of rotatable bonds is 5. The maximum absolute atomic E-state index is 11.8. The topological polar surface area (TPSA) is 44.1 Å². The minimum Gasteiger partial charge on any atom is -0.461 e. The normalized spacial score (nSPS) is 10.9.